The fraction of sp³-hybridized carbons (Fsp3) is 0.435. The summed E-state index contributed by atoms with van der Waals surface area (Å²) in [5.74, 6) is -0.281. The molecule has 0 aliphatic carbocycles. The maximum atomic E-state index is 13.2. The van der Waals surface area contributed by atoms with E-state index in [1.54, 1.807) is 6.07 Å². The highest BCUT2D eigenvalue weighted by Crippen LogP contribution is 2.30. The minimum absolute atomic E-state index is 0.0130. The van der Waals surface area contributed by atoms with E-state index < -0.39 is 4.92 Å². The number of rotatable bonds is 7. The number of likely N-dealkylation sites (tertiary alicyclic amines) is 1. The summed E-state index contributed by atoms with van der Waals surface area (Å²) in [6.07, 6.45) is 4.39. The highest BCUT2D eigenvalue weighted by molar-refractivity contribution is 6.30. The SMILES string of the molecule is O=C(NCC(c1cccc(Cl)c1)N1CCCC1)c1cc([N+](=O)[O-])ccc1N1CCCC1. The molecule has 1 N–H and O–H groups in total. The third-order valence-corrected chi connectivity index (χ3v) is 6.39. The number of hydrogen-bond acceptors (Lipinski definition) is 5. The molecule has 2 fully saturated rings. The summed E-state index contributed by atoms with van der Waals surface area (Å²) in [6.45, 7) is 4.08. The second-order valence-corrected chi connectivity index (χ2v) is 8.61. The van der Waals surface area contributed by atoms with Gasteiger partial charge in [0.1, 0.15) is 0 Å². The van der Waals surface area contributed by atoms with Gasteiger partial charge in [0.05, 0.1) is 22.2 Å². The molecule has 2 aromatic carbocycles. The van der Waals surface area contributed by atoms with Gasteiger partial charge in [0, 0.05) is 36.8 Å². The predicted octanol–water partition coefficient (Wildman–Crippen LogP) is 4.42. The molecule has 2 heterocycles. The van der Waals surface area contributed by atoms with Crippen LogP contribution in [0.25, 0.3) is 0 Å². The van der Waals surface area contributed by atoms with Crippen LogP contribution in [0, 0.1) is 10.1 Å². The van der Waals surface area contributed by atoms with Crippen molar-refractivity contribution in [1.82, 2.24) is 10.2 Å². The van der Waals surface area contributed by atoms with Crippen LogP contribution in [0.2, 0.25) is 5.02 Å². The van der Waals surface area contributed by atoms with Crippen LogP contribution in [0.1, 0.15) is 47.6 Å². The Morgan fingerprint density at radius 1 is 1.06 bits per heavy atom. The maximum absolute atomic E-state index is 13.2. The zero-order chi connectivity index (χ0) is 21.8. The van der Waals surface area contributed by atoms with Crippen molar-refractivity contribution in [2.24, 2.45) is 0 Å². The average Bonchev–Trinajstić information content (AvgIpc) is 3.48. The van der Waals surface area contributed by atoms with Gasteiger partial charge in [0.2, 0.25) is 0 Å². The lowest BCUT2D eigenvalue weighted by molar-refractivity contribution is -0.384. The number of amides is 1. The summed E-state index contributed by atoms with van der Waals surface area (Å²) in [6, 6.07) is 12.3. The van der Waals surface area contributed by atoms with Crippen molar-refractivity contribution in [2.75, 3.05) is 37.6 Å². The summed E-state index contributed by atoms with van der Waals surface area (Å²) in [7, 11) is 0. The highest BCUT2D eigenvalue weighted by atomic mass is 35.5. The van der Waals surface area contributed by atoms with Gasteiger partial charge in [-0.1, -0.05) is 23.7 Å². The van der Waals surface area contributed by atoms with Crippen LogP contribution in [0.15, 0.2) is 42.5 Å². The molecule has 7 nitrogen and oxygen atoms in total. The molecular formula is C23H27ClN4O3. The lowest BCUT2D eigenvalue weighted by Gasteiger charge is -2.29. The van der Waals surface area contributed by atoms with E-state index in [1.165, 1.54) is 12.1 Å². The van der Waals surface area contributed by atoms with Crippen LogP contribution in [-0.4, -0.2) is 48.5 Å². The first-order chi connectivity index (χ1) is 15.0. The van der Waals surface area contributed by atoms with E-state index in [9.17, 15) is 14.9 Å². The number of anilines is 1. The molecule has 2 saturated heterocycles. The molecule has 31 heavy (non-hydrogen) atoms. The van der Waals surface area contributed by atoms with E-state index in [1.807, 2.05) is 24.3 Å². The van der Waals surface area contributed by atoms with E-state index in [-0.39, 0.29) is 17.6 Å². The number of carbonyl (C=O) groups is 1. The monoisotopic (exact) mass is 442 g/mol. The molecule has 2 aromatic rings. The van der Waals surface area contributed by atoms with Gasteiger partial charge in [-0.2, -0.15) is 0 Å². The van der Waals surface area contributed by atoms with E-state index in [4.69, 9.17) is 11.6 Å². The van der Waals surface area contributed by atoms with Crippen molar-refractivity contribution in [3.05, 3.63) is 68.7 Å². The first-order valence-corrected chi connectivity index (χ1v) is 11.2. The molecule has 0 radical (unpaired) electrons. The van der Waals surface area contributed by atoms with Crippen LogP contribution < -0.4 is 10.2 Å². The van der Waals surface area contributed by atoms with Crippen molar-refractivity contribution < 1.29 is 9.72 Å². The van der Waals surface area contributed by atoms with Gasteiger partial charge < -0.3 is 10.2 Å². The first kappa shape index (κ1) is 21.6. The molecule has 0 saturated carbocycles. The lowest BCUT2D eigenvalue weighted by Crippen LogP contribution is -2.37. The van der Waals surface area contributed by atoms with Gasteiger partial charge in [-0.25, -0.2) is 0 Å². The molecule has 1 unspecified atom stereocenters. The standard InChI is InChI=1S/C23H27ClN4O3/c24-18-7-5-6-17(14-18)22(27-12-3-4-13-27)16-25-23(29)20-15-19(28(30)31)8-9-21(20)26-10-1-2-11-26/h5-9,14-15,22H,1-4,10-13,16H2,(H,25,29). The fourth-order valence-electron chi connectivity index (χ4n) is 4.56. The number of nitrogens with one attached hydrogen (secondary N) is 1. The number of nitrogens with zero attached hydrogens (tertiary/aromatic N) is 3. The van der Waals surface area contributed by atoms with Crippen LogP contribution in [-0.2, 0) is 0 Å². The summed E-state index contributed by atoms with van der Waals surface area (Å²) >= 11 is 6.22. The number of hydrogen-bond donors (Lipinski definition) is 1. The molecule has 0 spiro atoms. The second-order valence-electron chi connectivity index (χ2n) is 8.18. The molecule has 164 valence electrons. The molecule has 0 aromatic heterocycles. The Bertz CT molecular complexity index is 956. The van der Waals surface area contributed by atoms with Gasteiger partial charge in [0.25, 0.3) is 11.6 Å². The predicted molar refractivity (Wildman–Crippen MR) is 122 cm³/mol. The first-order valence-electron chi connectivity index (χ1n) is 10.8. The number of benzene rings is 2. The number of non-ortho nitro benzene ring substituents is 1. The summed E-state index contributed by atoms with van der Waals surface area (Å²) in [5.41, 5.74) is 2.12. The molecule has 1 amide bonds. The Balaban J connectivity index is 1.57. The van der Waals surface area contributed by atoms with Gasteiger partial charge in [-0.3, -0.25) is 19.8 Å². The third kappa shape index (κ3) is 4.99. The van der Waals surface area contributed by atoms with Crippen molar-refractivity contribution >= 4 is 28.9 Å². The van der Waals surface area contributed by atoms with E-state index in [2.05, 4.69) is 15.1 Å². The highest BCUT2D eigenvalue weighted by Gasteiger charge is 2.26. The van der Waals surface area contributed by atoms with Crippen molar-refractivity contribution in [1.29, 1.82) is 0 Å². The quantitative estimate of drug-likeness (QED) is 0.507. The van der Waals surface area contributed by atoms with E-state index in [0.29, 0.717) is 17.1 Å². The number of carbonyl (C=O) groups excluding carboxylic acids is 1. The summed E-state index contributed by atoms with van der Waals surface area (Å²) < 4.78 is 0. The Kier molecular flexibility index (Phi) is 6.73. The number of halogens is 1. The van der Waals surface area contributed by atoms with Crippen LogP contribution in [0.4, 0.5) is 11.4 Å². The molecule has 2 aliphatic rings. The minimum atomic E-state index is -0.455. The molecule has 8 heteroatoms. The molecule has 2 aliphatic heterocycles. The zero-order valence-corrected chi connectivity index (χ0v) is 18.2. The maximum Gasteiger partial charge on any atom is 0.270 e. The topological polar surface area (TPSA) is 78.7 Å². The Morgan fingerprint density at radius 2 is 1.77 bits per heavy atom. The zero-order valence-electron chi connectivity index (χ0n) is 17.4. The fourth-order valence-corrected chi connectivity index (χ4v) is 4.76. The molecule has 0 bridgehead atoms. The molecule has 1 atom stereocenters. The molecular weight excluding hydrogens is 416 g/mol. The summed E-state index contributed by atoms with van der Waals surface area (Å²) in [5, 5.41) is 15.0. The van der Waals surface area contributed by atoms with Crippen molar-refractivity contribution in [3.8, 4) is 0 Å². The normalized spacial score (nSPS) is 17.6. The van der Waals surface area contributed by atoms with Gasteiger partial charge in [-0.05, 0) is 62.5 Å². The lowest BCUT2D eigenvalue weighted by atomic mass is 10.0. The van der Waals surface area contributed by atoms with Crippen LogP contribution >= 0.6 is 11.6 Å². The molecule has 4 rings (SSSR count). The average molecular weight is 443 g/mol. The second kappa shape index (κ2) is 9.66. The Labute approximate surface area is 187 Å². The van der Waals surface area contributed by atoms with Crippen molar-refractivity contribution in [3.63, 3.8) is 0 Å². The van der Waals surface area contributed by atoms with E-state index in [0.717, 1.165) is 63.1 Å². The number of nitro groups is 1. The summed E-state index contributed by atoms with van der Waals surface area (Å²) in [4.78, 5) is 28.6. The minimum Gasteiger partial charge on any atom is -0.371 e. The number of nitro benzene ring substituents is 1. The third-order valence-electron chi connectivity index (χ3n) is 6.15. The van der Waals surface area contributed by atoms with Gasteiger partial charge in [-0.15, -0.1) is 0 Å². The Hall–Kier alpha value is -2.64. The largest absolute Gasteiger partial charge is 0.371 e. The van der Waals surface area contributed by atoms with E-state index >= 15 is 0 Å². The Morgan fingerprint density at radius 3 is 2.45 bits per heavy atom. The van der Waals surface area contributed by atoms with Gasteiger partial charge in [0.15, 0.2) is 0 Å². The van der Waals surface area contributed by atoms with Crippen LogP contribution in [0.5, 0.6) is 0 Å². The van der Waals surface area contributed by atoms with Gasteiger partial charge >= 0.3 is 0 Å². The smallest absolute Gasteiger partial charge is 0.270 e. The van der Waals surface area contributed by atoms with Crippen LogP contribution in [0.3, 0.4) is 0 Å². The van der Waals surface area contributed by atoms with Crippen molar-refractivity contribution in [2.45, 2.75) is 31.7 Å².